The van der Waals surface area contributed by atoms with Crippen LogP contribution in [0.4, 0.5) is 8.78 Å². The van der Waals surface area contributed by atoms with Crippen molar-refractivity contribution in [3.8, 4) is 11.3 Å². The molecule has 1 atom stereocenters. The van der Waals surface area contributed by atoms with Gasteiger partial charge in [0.2, 0.25) is 11.8 Å². The normalized spacial score (nSPS) is 15.3. The first-order valence-corrected chi connectivity index (χ1v) is 9.42. The van der Waals surface area contributed by atoms with Crippen LogP contribution in [-0.4, -0.2) is 40.8 Å². The summed E-state index contributed by atoms with van der Waals surface area (Å²) in [4.78, 5) is 30.3. The zero-order valence-electron chi connectivity index (χ0n) is 15.7. The molecule has 0 aliphatic carbocycles. The van der Waals surface area contributed by atoms with Gasteiger partial charge in [-0.1, -0.05) is 0 Å². The van der Waals surface area contributed by atoms with Gasteiger partial charge in [-0.3, -0.25) is 9.59 Å². The van der Waals surface area contributed by atoms with Crippen LogP contribution in [0.1, 0.15) is 38.5 Å². The molecule has 1 fully saturated rings. The van der Waals surface area contributed by atoms with Crippen LogP contribution < -0.4 is 5.32 Å². The molecular weight excluding hydrogens is 368 g/mol. The number of likely N-dealkylation sites (tertiary alicyclic amines) is 1. The molecule has 1 aliphatic heterocycles. The molecule has 1 saturated heterocycles. The zero-order valence-corrected chi connectivity index (χ0v) is 15.7. The summed E-state index contributed by atoms with van der Waals surface area (Å²) in [6.45, 7) is 3.14. The van der Waals surface area contributed by atoms with E-state index in [0.29, 0.717) is 0 Å². The number of carbonyl (C=O) groups excluding carboxylic acids is 2. The number of hydrogen-bond donors (Lipinski definition) is 1. The minimum Gasteiger partial charge on any atom is -0.441 e. The maximum absolute atomic E-state index is 13.8. The summed E-state index contributed by atoms with van der Waals surface area (Å²) in [6, 6.07) is 2.59. The van der Waals surface area contributed by atoms with Crippen LogP contribution in [0.2, 0.25) is 0 Å². The summed E-state index contributed by atoms with van der Waals surface area (Å²) in [6.07, 6.45) is 4.75. The second kappa shape index (κ2) is 8.95. The molecular formula is C20H23F2N3O3. The number of halogens is 2. The van der Waals surface area contributed by atoms with Crippen LogP contribution in [0.3, 0.4) is 0 Å². The number of amides is 2. The van der Waals surface area contributed by atoms with Crippen LogP contribution in [0.5, 0.6) is 0 Å². The Labute approximate surface area is 161 Å². The summed E-state index contributed by atoms with van der Waals surface area (Å²) in [5.41, 5.74) is 0.102. The second-order valence-electron chi connectivity index (χ2n) is 6.92. The van der Waals surface area contributed by atoms with Gasteiger partial charge in [0.15, 0.2) is 11.7 Å². The lowest BCUT2D eigenvalue weighted by atomic mass is 10.1. The van der Waals surface area contributed by atoms with Crippen LogP contribution in [0, 0.1) is 11.6 Å². The van der Waals surface area contributed by atoms with Crippen LogP contribution >= 0.6 is 0 Å². The average Bonchev–Trinajstić information content (AvgIpc) is 3.15. The van der Waals surface area contributed by atoms with E-state index in [1.54, 1.807) is 11.8 Å². The van der Waals surface area contributed by atoms with E-state index in [4.69, 9.17) is 4.42 Å². The number of nitrogens with zero attached hydrogens (tertiary/aromatic N) is 2. The lowest BCUT2D eigenvalue weighted by Gasteiger charge is -2.29. The maximum Gasteiger partial charge on any atom is 0.244 e. The number of hydrogen-bond acceptors (Lipinski definition) is 4. The number of benzene rings is 1. The Morgan fingerprint density at radius 2 is 2.00 bits per heavy atom. The Kier molecular flexibility index (Phi) is 6.38. The van der Waals surface area contributed by atoms with Gasteiger partial charge in [-0.2, -0.15) is 0 Å². The molecule has 0 bridgehead atoms. The minimum atomic E-state index is -0.745. The lowest BCUT2D eigenvalue weighted by molar-refractivity contribution is -0.136. The monoisotopic (exact) mass is 391 g/mol. The fourth-order valence-corrected chi connectivity index (χ4v) is 3.22. The topological polar surface area (TPSA) is 75.4 Å². The predicted octanol–water partition coefficient (Wildman–Crippen LogP) is 3.07. The number of nitrogens with one attached hydrogen (secondary N) is 1. The zero-order chi connectivity index (χ0) is 20.1. The molecule has 1 N–H and O–H groups in total. The largest absolute Gasteiger partial charge is 0.441 e. The first-order chi connectivity index (χ1) is 13.4. The van der Waals surface area contributed by atoms with Gasteiger partial charge in [-0.05, 0) is 38.3 Å². The van der Waals surface area contributed by atoms with Gasteiger partial charge in [0, 0.05) is 32.0 Å². The summed E-state index contributed by atoms with van der Waals surface area (Å²) in [5.74, 6) is -1.34. The van der Waals surface area contributed by atoms with Crippen molar-refractivity contribution >= 4 is 11.8 Å². The van der Waals surface area contributed by atoms with E-state index in [1.807, 2.05) is 0 Å². The highest BCUT2D eigenvalue weighted by Gasteiger charge is 2.23. The van der Waals surface area contributed by atoms with Crippen LogP contribution in [-0.2, 0) is 16.0 Å². The quantitative estimate of drug-likeness (QED) is 0.821. The van der Waals surface area contributed by atoms with E-state index in [0.717, 1.165) is 44.5 Å². The van der Waals surface area contributed by atoms with E-state index in [-0.39, 0.29) is 41.9 Å². The van der Waals surface area contributed by atoms with Crippen LogP contribution in [0.25, 0.3) is 11.3 Å². The Morgan fingerprint density at radius 1 is 1.25 bits per heavy atom. The molecule has 1 aromatic heterocycles. The van der Waals surface area contributed by atoms with E-state index in [9.17, 15) is 18.4 Å². The van der Waals surface area contributed by atoms with Crippen molar-refractivity contribution in [2.75, 3.05) is 13.1 Å². The smallest absolute Gasteiger partial charge is 0.244 e. The molecule has 1 aliphatic rings. The van der Waals surface area contributed by atoms with Crippen LogP contribution in [0.15, 0.2) is 28.8 Å². The van der Waals surface area contributed by atoms with E-state index < -0.39 is 17.7 Å². The number of rotatable bonds is 6. The standard InChI is InChI=1S/C20H23F2N3O3/c1-13(20(27)25-9-3-2-4-10-25)24-18(26)7-8-19-23-12-17(28-19)15-6-5-14(21)11-16(15)22/h5-6,11-13H,2-4,7-10H2,1H3,(H,24,26)/t13-/m0/s1. The maximum atomic E-state index is 13.8. The van der Waals surface area contributed by atoms with Crippen molar-refractivity contribution in [2.45, 2.75) is 45.1 Å². The van der Waals surface area contributed by atoms with Gasteiger partial charge in [-0.15, -0.1) is 0 Å². The fraction of sp³-hybridized carbons (Fsp3) is 0.450. The third-order valence-electron chi connectivity index (χ3n) is 4.73. The van der Waals surface area contributed by atoms with Gasteiger partial charge < -0.3 is 14.6 Å². The van der Waals surface area contributed by atoms with Gasteiger partial charge in [-0.25, -0.2) is 13.8 Å². The number of oxazole rings is 1. The molecule has 6 nitrogen and oxygen atoms in total. The predicted molar refractivity (Wildman–Crippen MR) is 98.2 cm³/mol. The van der Waals surface area contributed by atoms with Crippen molar-refractivity contribution in [3.05, 3.63) is 41.9 Å². The minimum absolute atomic E-state index is 0.0711. The van der Waals surface area contributed by atoms with E-state index in [2.05, 4.69) is 10.3 Å². The summed E-state index contributed by atoms with van der Waals surface area (Å²) in [5, 5.41) is 2.70. The first kappa shape index (κ1) is 20.0. The highest BCUT2D eigenvalue weighted by atomic mass is 19.1. The molecule has 150 valence electrons. The number of aryl methyl sites for hydroxylation is 1. The molecule has 0 unspecified atom stereocenters. The van der Waals surface area contributed by atoms with Crippen molar-refractivity contribution in [1.29, 1.82) is 0 Å². The summed E-state index contributed by atoms with van der Waals surface area (Å²) < 4.78 is 32.3. The number of piperidine rings is 1. The third kappa shape index (κ3) is 4.94. The van der Waals surface area contributed by atoms with Crippen molar-refractivity contribution in [1.82, 2.24) is 15.2 Å². The lowest BCUT2D eigenvalue weighted by Crippen LogP contribution is -2.48. The fourth-order valence-electron chi connectivity index (χ4n) is 3.22. The first-order valence-electron chi connectivity index (χ1n) is 9.42. The second-order valence-corrected chi connectivity index (χ2v) is 6.92. The van der Waals surface area contributed by atoms with Gasteiger partial charge in [0.1, 0.15) is 17.7 Å². The molecule has 8 heteroatoms. The molecule has 0 saturated carbocycles. The molecule has 0 radical (unpaired) electrons. The Morgan fingerprint density at radius 3 is 2.71 bits per heavy atom. The number of carbonyl (C=O) groups is 2. The van der Waals surface area contributed by atoms with E-state index in [1.165, 1.54) is 12.3 Å². The van der Waals surface area contributed by atoms with E-state index >= 15 is 0 Å². The number of aromatic nitrogens is 1. The highest BCUT2D eigenvalue weighted by molar-refractivity contribution is 5.87. The molecule has 0 spiro atoms. The third-order valence-corrected chi connectivity index (χ3v) is 4.73. The summed E-state index contributed by atoms with van der Waals surface area (Å²) >= 11 is 0. The molecule has 1 aromatic carbocycles. The van der Waals surface area contributed by atoms with Gasteiger partial charge in [0.25, 0.3) is 0 Å². The molecule has 2 heterocycles. The molecule has 3 rings (SSSR count). The van der Waals surface area contributed by atoms with Crippen molar-refractivity contribution in [2.24, 2.45) is 0 Å². The SMILES string of the molecule is C[C@H](NC(=O)CCc1ncc(-c2ccc(F)cc2F)o1)C(=O)N1CCCCC1. The average molecular weight is 391 g/mol. The van der Waals surface area contributed by atoms with Crippen molar-refractivity contribution in [3.63, 3.8) is 0 Å². The summed E-state index contributed by atoms with van der Waals surface area (Å²) in [7, 11) is 0. The Bertz CT molecular complexity index is 847. The van der Waals surface area contributed by atoms with Crippen molar-refractivity contribution < 1.29 is 22.8 Å². The van der Waals surface area contributed by atoms with Gasteiger partial charge in [0.05, 0.1) is 11.8 Å². The molecule has 2 amide bonds. The Hall–Kier alpha value is -2.77. The molecule has 2 aromatic rings. The highest BCUT2D eigenvalue weighted by Crippen LogP contribution is 2.24. The molecule has 28 heavy (non-hydrogen) atoms. The Balaban J connectivity index is 1.50. The van der Waals surface area contributed by atoms with Gasteiger partial charge >= 0.3 is 0 Å².